The summed E-state index contributed by atoms with van der Waals surface area (Å²) in [7, 11) is 0. The highest BCUT2D eigenvalue weighted by Gasteiger charge is 2.41. The van der Waals surface area contributed by atoms with Gasteiger partial charge >= 0.3 is 0 Å². The van der Waals surface area contributed by atoms with Crippen molar-refractivity contribution in [2.24, 2.45) is 17.6 Å². The molecule has 1 aromatic rings. The molecule has 0 radical (unpaired) electrons. The number of amides is 1. The van der Waals surface area contributed by atoms with Gasteiger partial charge in [-0.1, -0.05) is 6.42 Å². The Labute approximate surface area is 137 Å². The first kappa shape index (κ1) is 17.9. The van der Waals surface area contributed by atoms with Crippen LogP contribution in [-0.2, 0) is 0 Å². The van der Waals surface area contributed by atoms with Gasteiger partial charge < -0.3 is 15.7 Å². The largest absolute Gasteiger partial charge is 0.503 e. The van der Waals surface area contributed by atoms with Crippen LogP contribution >= 0.6 is 12.4 Å². The molecule has 128 valence electrons. The van der Waals surface area contributed by atoms with Crippen LogP contribution in [0.5, 0.6) is 5.75 Å². The van der Waals surface area contributed by atoms with Gasteiger partial charge in [-0.2, -0.15) is 4.39 Å². The molecule has 8 heteroatoms. The minimum atomic E-state index is -1.69. The molecule has 0 aromatic heterocycles. The summed E-state index contributed by atoms with van der Waals surface area (Å²) < 4.78 is 40.3. The zero-order chi connectivity index (χ0) is 16.0. The van der Waals surface area contributed by atoms with Crippen LogP contribution in [0.3, 0.4) is 0 Å². The van der Waals surface area contributed by atoms with Crippen molar-refractivity contribution in [3.63, 3.8) is 0 Å². The predicted octanol–water partition coefficient (Wildman–Crippen LogP) is 2.43. The summed E-state index contributed by atoms with van der Waals surface area (Å²) in [4.78, 5) is 13.8. The summed E-state index contributed by atoms with van der Waals surface area (Å²) in [5.41, 5.74) is 5.41. The smallest absolute Gasteiger partial charge is 0.257 e. The molecule has 1 aliphatic heterocycles. The molecule has 0 spiro atoms. The van der Waals surface area contributed by atoms with Crippen molar-refractivity contribution >= 4 is 18.3 Å². The molecule has 1 aromatic carbocycles. The highest BCUT2D eigenvalue weighted by atomic mass is 35.5. The lowest BCUT2D eigenvalue weighted by molar-refractivity contribution is 0.0777. The van der Waals surface area contributed by atoms with Crippen LogP contribution in [0.15, 0.2) is 6.07 Å². The number of fused-ring (bicyclic) bond motifs is 1. The van der Waals surface area contributed by atoms with Crippen molar-refractivity contribution in [2.45, 2.75) is 25.3 Å². The van der Waals surface area contributed by atoms with Crippen molar-refractivity contribution in [1.82, 2.24) is 4.90 Å². The molecule has 3 N–H and O–H groups in total. The minimum absolute atomic E-state index is 0. The van der Waals surface area contributed by atoms with E-state index in [4.69, 9.17) is 5.73 Å². The van der Waals surface area contributed by atoms with Gasteiger partial charge in [0.15, 0.2) is 17.4 Å². The molecule has 3 unspecified atom stereocenters. The van der Waals surface area contributed by atoms with E-state index >= 15 is 0 Å². The van der Waals surface area contributed by atoms with Crippen LogP contribution in [-0.4, -0.2) is 35.0 Å². The molecule has 0 bridgehead atoms. The van der Waals surface area contributed by atoms with E-state index in [2.05, 4.69) is 0 Å². The highest BCUT2D eigenvalue weighted by Crippen LogP contribution is 2.36. The summed E-state index contributed by atoms with van der Waals surface area (Å²) >= 11 is 0. The molecule has 1 saturated heterocycles. The summed E-state index contributed by atoms with van der Waals surface area (Å²) in [5.74, 6) is -6.36. The minimum Gasteiger partial charge on any atom is -0.503 e. The summed E-state index contributed by atoms with van der Waals surface area (Å²) in [6.45, 7) is 0.806. The van der Waals surface area contributed by atoms with Crippen LogP contribution in [0.2, 0.25) is 0 Å². The number of hydrogen-bond donors (Lipinski definition) is 2. The lowest BCUT2D eigenvalue weighted by atomic mass is 9.78. The van der Waals surface area contributed by atoms with Crippen molar-refractivity contribution in [3.8, 4) is 5.75 Å². The zero-order valence-corrected chi connectivity index (χ0v) is 13.1. The lowest BCUT2D eigenvalue weighted by Gasteiger charge is -2.29. The van der Waals surface area contributed by atoms with Crippen LogP contribution in [0.1, 0.15) is 29.6 Å². The fourth-order valence-electron chi connectivity index (χ4n) is 3.60. The molecule has 1 aliphatic carbocycles. The van der Waals surface area contributed by atoms with E-state index in [9.17, 15) is 23.1 Å². The van der Waals surface area contributed by atoms with Crippen molar-refractivity contribution in [3.05, 3.63) is 29.1 Å². The standard InChI is InChI=1S/C15H17F3N2O2.ClH/c16-10-4-8(12(17)14(21)13(10)18)15(22)20-5-7-2-1-3-11(19)9(7)6-20;/h4,7,9,11,21H,1-3,5-6,19H2;1H. The Morgan fingerprint density at radius 1 is 1.22 bits per heavy atom. The van der Waals surface area contributed by atoms with Gasteiger partial charge in [-0.25, -0.2) is 8.78 Å². The Morgan fingerprint density at radius 2 is 1.91 bits per heavy atom. The number of carbonyl (C=O) groups excluding carboxylic acids is 1. The predicted molar refractivity (Wildman–Crippen MR) is 79.9 cm³/mol. The average molecular weight is 351 g/mol. The molecule has 1 amide bonds. The highest BCUT2D eigenvalue weighted by molar-refractivity contribution is 5.95. The quantitative estimate of drug-likeness (QED) is 0.764. The number of benzene rings is 1. The molecule has 4 nitrogen and oxygen atoms in total. The van der Waals surface area contributed by atoms with Gasteiger partial charge in [0.2, 0.25) is 5.82 Å². The van der Waals surface area contributed by atoms with E-state index in [1.165, 1.54) is 4.90 Å². The van der Waals surface area contributed by atoms with E-state index in [1.54, 1.807) is 0 Å². The first-order chi connectivity index (χ1) is 10.4. The molecule has 1 heterocycles. The first-order valence-electron chi connectivity index (χ1n) is 7.31. The van der Waals surface area contributed by atoms with Crippen LogP contribution in [0, 0.1) is 29.3 Å². The second-order valence-corrected chi connectivity index (χ2v) is 6.11. The van der Waals surface area contributed by atoms with Gasteiger partial charge in [0.1, 0.15) is 0 Å². The normalized spacial score (nSPS) is 26.6. The van der Waals surface area contributed by atoms with Crippen molar-refractivity contribution in [2.75, 3.05) is 13.1 Å². The van der Waals surface area contributed by atoms with Crippen LogP contribution in [0.25, 0.3) is 0 Å². The van der Waals surface area contributed by atoms with Crippen molar-refractivity contribution in [1.29, 1.82) is 0 Å². The third-order valence-electron chi connectivity index (χ3n) is 4.80. The van der Waals surface area contributed by atoms with E-state index in [1.807, 2.05) is 0 Å². The maximum Gasteiger partial charge on any atom is 0.257 e. The van der Waals surface area contributed by atoms with Gasteiger partial charge in [0.05, 0.1) is 5.56 Å². The fourth-order valence-corrected chi connectivity index (χ4v) is 3.60. The Morgan fingerprint density at radius 3 is 2.57 bits per heavy atom. The monoisotopic (exact) mass is 350 g/mol. The number of phenols is 1. The number of nitrogens with zero attached hydrogens (tertiary/aromatic N) is 1. The molecule has 3 atom stereocenters. The van der Waals surface area contributed by atoms with Crippen LogP contribution in [0.4, 0.5) is 13.2 Å². The first-order valence-corrected chi connectivity index (χ1v) is 7.31. The number of rotatable bonds is 1. The number of aromatic hydroxyl groups is 1. The van der Waals surface area contributed by atoms with E-state index < -0.39 is 34.7 Å². The van der Waals surface area contributed by atoms with Gasteiger partial charge in [-0.15, -0.1) is 12.4 Å². The summed E-state index contributed by atoms with van der Waals surface area (Å²) in [5, 5.41) is 9.23. The fraction of sp³-hybridized carbons (Fsp3) is 0.533. The lowest BCUT2D eigenvalue weighted by Crippen LogP contribution is -2.38. The molecule has 2 fully saturated rings. The average Bonchev–Trinajstić information content (AvgIpc) is 2.94. The Hall–Kier alpha value is -1.47. The molecule has 3 rings (SSSR count). The third kappa shape index (κ3) is 2.99. The molecular weight excluding hydrogens is 333 g/mol. The number of hydrogen-bond acceptors (Lipinski definition) is 3. The number of halogens is 4. The Kier molecular flexibility index (Phi) is 5.10. The second kappa shape index (κ2) is 6.57. The number of nitrogens with two attached hydrogens (primary N) is 1. The Balaban J connectivity index is 0.00000192. The maximum atomic E-state index is 13.9. The van der Waals surface area contributed by atoms with Gasteiger partial charge in [-0.3, -0.25) is 4.79 Å². The van der Waals surface area contributed by atoms with Crippen LogP contribution < -0.4 is 5.73 Å². The Bertz CT molecular complexity index is 629. The number of likely N-dealkylation sites (tertiary alicyclic amines) is 1. The summed E-state index contributed by atoms with van der Waals surface area (Å²) in [6.07, 6.45) is 2.84. The maximum absolute atomic E-state index is 13.9. The van der Waals surface area contributed by atoms with E-state index in [0.29, 0.717) is 19.2 Å². The summed E-state index contributed by atoms with van der Waals surface area (Å²) in [6, 6.07) is 0.494. The van der Waals surface area contributed by atoms with E-state index in [-0.39, 0.29) is 30.3 Å². The second-order valence-electron chi connectivity index (χ2n) is 6.11. The van der Waals surface area contributed by atoms with E-state index in [0.717, 1.165) is 19.3 Å². The van der Waals surface area contributed by atoms with Gasteiger partial charge in [0, 0.05) is 19.1 Å². The molecule has 23 heavy (non-hydrogen) atoms. The SMILES string of the molecule is Cl.NC1CCCC2CN(C(=O)c3cc(F)c(F)c(O)c3F)CC12. The van der Waals surface area contributed by atoms with Gasteiger partial charge in [-0.05, 0) is 30.7 Å². The number of phenolic OH excluding ortho intramolecular Hbond substituents is 1. The third-order valence-corrected chi connectivity index (χ3v) is 4.80. The number of carbonyl (C=O) groups is 1. The molecule has 2 aliphatic rings. The van der Waals surface area contributed by atoms with Gasteiger partial charge in [0.25, 0.3) is 5.91 Å². The molecular formula is C15H18ClF3N2O2. The topological polar surface area (TPSA) is 66.6 Å². The zero-order valence-electron chi connectivity index (χ0n) is 12.3. The van der Waals surface area contributed by atoms with Crippen molar-refractivity contribution < 1.29 is 23.1 Å². The molecule has 1 saturated carbocycles.